The van der Waals surface area contributed by atoms with E-state index >= 15 is 0 Å². The van der Waals surface area contributed by atoms with Gasteiger partial charge >= 0.3 is 95.5 Å². The fourth-order valence-corrected chi connectivity index (χ4v) is 8.94. The maximum absolute atomic E-state index is 6.38. The second kappa shape index (κ2) is 8.75. The molecule has 0 aromatic heterocycles. The summed E-state index contributed by atoms with van der Waals surface area (Å²) in [4.78, 5) is 0. The summed E-state index contributed by atoms with van der Waals surface area (Å²) in [6.07, 6.45) is 7.64. The summed E-state index contributed by atoms with van der Waals surface area (Å²) in [6.45, 7) is 4.44. The van der Waals surface area contributed by atoms with E-state index in [1.807, 2.05) is 0 Å². The van der Waals surface area contributed by atoms with Crippen molar-refractivity contribution in [1.82, 2.24) is 0 Å². The van der Waals surface area contributed by atoms with Gasteiger partial charge in [-0.15, -0.1) is 0 Å². The monoisotopic (exact) mass is 302 g/mol. The Kier molecular flexibility index (Phi) is 9.73. The molecule has 80 valence electrons. The van der Waals surface area contributed by atoms with Crippen LogP contribution in [0.1, 0.15) is 52.4 Å². The molecular weight excluding hydrogens is 282 g/mol. The van der Waals surface area contributed by atoms with E-state index in [1.54, 1.807) is 0 Å². The molecule has 3 heteroatoms. The number of hydrogen-bond donors (Lipinski definition) is 0. The normalized spacial score (nSPS) is 12.0. The quantitative estimate of drug-likeness (QED) is 0.507. The maximum atomic E-state index is 6.38. The molecule has 0 aromatic rings. The molecule has 0 aliphatic carbocycles. The van der Waals surface area contributed by atoms with Gasteiger partial charge in [-0.1, -0.05) is 0 Å². The summed E-state index contributed by atoms with van der Waals surface area (Å²) >= 11 is -2.54. The molecule has 0 unspecified atom stereocenters. The molecule has 0 amide bonds. The van der Waals surface area contributed by atoms with Crippen LogP contribution in [0.4, 0.5) is 0 Å². The molecule has 0 aliphatic rings. The second-order valence-corrected chi connectivity index (χ2v) is 20.1. The van der Waals surface area contributed by atoms with Gasteiger partial charge in [0.25, 0.3) is 0 Å². The van der Waals surface area contributed by atoms with Gasteiger partial charge in [-0.3, -0.25) is 0 Å². The van der Waals surface area contributed by atoms with E-state index in [0.717, 1.165) is 8.26 Å². The Balaban J connectivity index is 3.42. The first kappa shape index (κ1) is 14.5. The van der Waals surface area contributed by atoms with Crippen LogP contribution in [0.3, 0.4) is 0 Å². The van der Waals surface area contributed by atoms with Crippen molar-refractivity contribution in [3.63, 3.8) is 0 Å². The topological polar surface area (TPSA) is 0 Å². The molecule has 0 heterocycles. The summed E-state index contributed by atoms with van der Waals surface area (Å²) in [5.41, 5.74) is 0. The fraction of sp³-hybridized carbons (Fsp3) is 1.00. The SMILES string of the molecule is CCCC[CH2][Zr]([Cl])([Cl])[CH2]CCCC. The summed E-state index contributed by atoms with van der Waals surface area (Å²) in [5, 5.41) is 0. The molecule has 0 rings (SSSR count). The Labute approximate surface area is 94.9 Å². The van der Waals surface area contributed by atoms with Crippen molar-refractivity contribution in [2.24, 2.45) is 0 Å². The van der Waals surface area contributed by atoms with Crippen molar-refractivity contribution in [3.8, 4) is 0 Å². The van der Waals surface area contributed by atoms with E-state index < -0.39 is 17.9 Å². The standard InChI is InChI=1S/2C5H11.2ClH.Zr/c2*1-3-5-4-2;;;/h2*1,3-5H2,2H3;2*1H;/q;;;;+2/p-2. The van der Waals surface area contributed by atoms with E-state index in [4.69, 9.17) is 17.0 Å². The van der Waals surface area contributed by atoms with E-state index in [0.29, 0.717) is 0 Å². The van der Waals surface area contributed by atoms with E-state index in [2.05, 4.69) is 13.8 Å². The number of halogens is 2. The van der Waals surface area contributed by atoms with E-state index in [-0.39, 0.29) is 0 Å². The third kappa shape index (κ3) is 9.76. The molecule has 0 saturated carbocycles. The minimum atomic E-state index is -2.54. The van der Waals surface area contributed by atoms with Crippen molar-refractivity contribution < 1.29 is 17.9 Å². The molecule has 0 nitrogen and oxygen atoms in total. The Bertz CT molecular complexity index is 103. The number of unbranched alkanes of at least 4 members (excludes halogenated alkanes) is 4. The predicted molar refractivity (Wildman–Crippen MR) is 60.4 cm³/mol. The molecule has 0 fully saturated rings. The van der Waals surface area contributed by atoms with Crippen molar-refractivity contribution in [2.45, 2.75) is 60.6 Å². The number of rotatable bonds is 8. The second-order valence-electron chi connectivity index (χ2n) is 3.77. The Morgan fingerprint density at radius 3 is 1.46 bits per heavy atom. The summed E-state index contributed by atoms with van der Waals surface area (Å²) in [5.74, 6) is 0. The third-order valence-corrected chi connectivity index (χ3v) is 12.1. The predicted octanol–water partition coefficient (Wildman–Crippen LogP) is 5.66. The van der Waals surface area contributed by atoms with Gasteiger partial charge in [0.1, 0.15) is 0 Å². The van der Waals surface area contributed by atoms with E-state index in [9.17, 15) is 0 Å². The van der Waals surface area contributed by atoms with E-state index in [1.165, 1.54) is 38.5 Å². The molecule has 0 bridgehead atoms. The zero-order valence-corrected chi connectivity index (χ0v) is 12.9. The molecule has 0 saturated heterocycles. The molecule has 0 aromatic carbocycles. The Morgan fingerprint density at radius 1 is 0.769 bits per heavy atom. The van der Waals surface area contributed by atoms with Gasteiger partial charge in [0.2, 0.25) is 0 Å². The van der Waals surface area contributed by atoms with Gasteiger partial charge in [-0.25, -0.2) is 0 Å². The summed E-state index contributed by atoms with van der Waals surface area (Å²) in [6, 6.07) is 0. The van der Waals surface area contributed by atoms with Crippen molar-refractivity contribution in [3.05, 3.63) is 0 Å². The molecule has 13 heavy (non-hydrogen) atoms. The van der Waals surface area contributed by atoms with Gasteiger partial charge in [-0.05, 0) is 0 Å². The molecule has 0 aliphatic heterocycles. The first-order chi connectivity index (χ1) is 6.12. The Hall–Kier alpha value is 1.46. The van der Waals surface area contributed by atoms with Gasteiger partial charge in [0.15, 0.2) is 0 Å². The minimum absolute atomic E-state index is 1.16. The number of hydrogen-bond acceptors (Lipinski definition) is 0. The average Bonchev–Trinajstić information content (AvgIpc) is 2.05. The van der Waals surface area contributed by atoms with Gasteiger partial charge in [0, 0.05) is 0 Å². The van der Waals surface area contributed by atoms with Crippen LogP contribution in [0.2, 0.25) is 8.26 Å². The van der Waals surface area contributed by atoms with Crippen LogP contribution in [0.5, 0.6) is 0 Å². The average molecular weight is 304 g/mol. The van der Waals surface area contributed by atoms with Crippen molar-refractivity contribution >= 4 is 17.0 Å². The van der Waals surface area contributed by atoms with Crippen molar-refractivity contribution in [1.29, 1.82) is 0 Å². The van der Waals surface area contributed by atoms with Crippen LogP contribution in [0, 0.1) is 0 Å². The van der Waals surface area contributed by atoms with Crippen molar-refractivity contribution in [2.75, 3.05) is 0 Å². The van der Waals surface area contributed by atoms with Crippen LogP contribution in [0.25, 0.3) is 0 Å². The summed E-state index contributed by atoms with van der Waals surface area (Å²) < 4.78 is 2.32. The fourth-order valence-electron chi connectivity index (χ4n) is 1.39. The zero-order valence-electron chi connectivity index (χ0n) is 8.91. The molecular formula is C10H22Cl2Zr. The molecule has 0 radical (unpaired) electrons. The van der Waals surface area contributed by atoms with Crippen LogP contribution in [-0.2, 0) is 17.9 Å². The van der Waals surface area contributed by atoms with Gasteiger partial charge in [-0.2, -0.15) is 0 Å². The van der Waals surface area contributed by atoms with Crippen LogP contribution in [0.15, 0.2) is 0 Å². The van der Waals surface area contributed by atoms with Crippen LogP contribution >= 0.6 is 17.0 Å². The first-order valence-corrected chi connectivity index (χ1v) is 15.3. The zero-order chi connectivity index (χ0) is 10.2. The van der Waals surface area contributed by atoms with Crippen LogP contribution in [-0.4, -0.2) is 0 Å². The van der Waals surface area contributed by atoms with Gasteiger partial charge in [0.05, 0.1) is 0 Å². The molecule has 0 spiro atoms. The summed E-state index contributed by atoms with van der Waals surface area (Å²) in [7, 11) is 12.8. The Morgan fingerprint density at radius 2 is 1.15 bits per heavy atom. The molecule has 0 atom stereocenters. The first-order valence-electron chi connectivity index (χ1n) is 5.50. The third-order valence-electron chi connectivity index (χ3n) is 2.29. The molecule has 0 N–H and O–H groups in total. The van der Waals surface area contributed by atoms with Gasteiger partial charge < -0.3 is 0 Å². The van der Waals surface area contributed by atoms with Crippen LogP contribution < -0.4 is 0 Å².